The highest BCUT2D eigenvalue weighted by Crippen LogP contribution is 2.29. The van der Waals surface area contributed by atoms with Gasteiger partial charge in [0.05, 0.1) is 4.47 Å². The molecule has 0 spiro atoms. The highest BCUT2D eigenvalue weighted by Gasteiger charge is 2.05. The second-order valence-corrected chi connectivity index (χ2v) is 4.99. The summed E-state index contributed by atoms with van der Waals surface area (Å²) >= 11 is 3.49. The fourth-order valence-electron chi connectivity index (χ4n) is 1.63. The van der Waals surface area contributed by atoms with E-state index in [0.717, 1.165) is 28.8 Å². The molecule has 1 aromatic heterocycles. The maximum Gasteiger partial charge on any atom is 0.222 e. The number of ether oxygens (including phenoxy) is 1. The van der Waals surface area contributed by atoms with E-state index in [1.165, 1.54) is 5.56 Å². The zero-order valence-electron chi connectivity index (χ0n) is 10.5. The van der Waals surface area contributed by atoms with Crippen LogP contribution < -0.4 is 4.74 Å². The molecule has 94 valence electrons. The summed E-state index contributed by atoms with van der Waals surface area (Å²) in [6.07, 6.45) is 3.54. The van der Waals surface area contributed by atoms with Crippen molar-refractivity contribution in [2.24, 2.45) is 0 Å². The Morgan fingerprint density at radius 1 is 1.22 bits per heavy atom. The van der Waals surface area contributed by atoms with Gasteiger partial charge in [-0.25, -0.2) is 9.97 Å². The van der Waals surface area contributed by atoms with E-state index in [2.05, 4.69) is 32.8 Å². The molecule has 1 heterocycles. The van der Waals surface area contributed by atoms with Crippen molar-refractivity contribution >= 4 is 15.9 Å². The van der Waals surface area contributed by atoms with Crippen molar-refractivity contribution in [3.8, 4) is 11.6 Å². The predicted molar refractivity (Wildman–Crippen MR) is 75.0 cm³/mol. The van der Waals surface area contributed by atoms with Gasteiger partial charge in [-0.3, -0.25) is 0 Å². The smallest absolute Gasteiger partial charge is 0.222 e. The van der Waals surface area contributed by atoms with E-state index in [1.807, 2.05) is 31.2 Å². The first-order valence-electron chi connectivity index (χ1n) is 5.94. The van der Waals surface area contributed by atoms with E-state index in [1.54, 1.807) is 6.33 Å². The van der Waals surface area contributed by atoms with Crippen molar-refractivity contribution in [1.29, 1.82) is 0 Å². The van der Waals surface area contributed by atoms with Crippen LogP contribution in [0, 0.1) is 6.92 Å². The molecule has 0 atom stereocenters. The molecule has 18 heavy (non-hydrogen) atoms. The summed E-state index contributed by atoms with van der Waals surface area (Å²) in [5, 5.41) is 0. The summed E-state index contributed by atoms with van der Waals surface area (Å²) in [6, 6.07) is 7.84. The van der Waals surface area contributed by atoms with Gasteiger partial charge in [0.25, 0.3) is 0 Å². The zero-order valence-corrected chi connectivity index (χ0v) is 12.1. The number of hydrogen-bond donors (Lipinski definition) is 0. The Kier molecular flexibility index (Phi) is 4.31. The first kappa shape index (κ1) is 13.0. The maximum atomic E-state index is 5.75. The molecular weight excluding hydrogens is 292 g/mol. The van der Waals surface area contributed by atoms with E-state index in [9.17, 15) is 0 Å². The number of aromatic nitrogens is 2. The predicted octanol–water partition coefficient (Wildman–Crippen LogP) is 4.29. The van der Waals surface area contributed by atoms with Crippen LogP contribution in [-0.2, 0) is 6.42 Å². The van der Waals surface area contributed by atoms with Crippen molar-refractivity contribution in [3.63, 3.8) is 0 Å². The van der Waals surface area contributed by atoms with Crippen LogP contribution in [0.1, 0.15) is 24.6 Å². The number of hydrogen-bond acceptors (Lipinski definition) is 3. The van der Waals surface area contributed by atoms with Crippen LogP contribution in [0.4, 0.5) is 0 Å². The number of nitrogens with zero attached hydrogens (tertiary/aromatic N) is 2. The summed E-state index contributed by atoms with van der Waals surface area (Å²) in [5.74, 6) is 1.35. The average molecular weight is 307 g/mol. The maximum absolute atomic E-state index is 5.75. The van der Waals surface area contributed by atoms with Crippen LogP contribution in [0.5, 0.6) is 11.6 Å². The molecule has 0 bridgehead atoms. The topological polar surface area (TPSA) is 35.0 Å². The SMILES string of the molecule is CCCc1cc(Oc2ccc(C)cc2Br)ncn1. The normalized spacial score (nSPS) is 10.4. The Hall–Kier alpha value is -1.42. The lowest BCUT2D eigenvalue weighted by Crippen LogP contribution is -1.94. The van der Waals surface area contributed by atoms with Gasteiger partial charge in [0.15, 0.2) is 0 Å². The Morgan fingerprint density at radius 2 is 2.06 bits per heavy atom. The molecular formula is C14H15BrN2O. The molecule has 0 radical (unpaired) electrons. The minimum Gasteiger partial charge on any atom is -0.438 e. The van der Waals surface area contributed by atoms with Crippen molar-refractivity contribution in [3.05, 3.63) is 46.3 Å². The summed E-state index contributed by atoms with van der Waals surface area (Å²) in [6.45, 7) is 4.16. The Labute approximate surface area is 115 Å². The molecule has 2 aromatic rings. The fourth-order valence-corrected chi connectivity index (χ4v) is 2.20. The molecule has 0 fully saturated rings. The van der Waals surface area contributed by atoms with Crippen molar-refractivity contribution < 1.29 is 4.74 Å². The molecule has 0 aliphatic rings. The van der Waals surface area contributed by atoms with E-state index in [4.69, 9.17) is 4.74 Å². The molecule has 0 aliphatic carbocycles. The van der Waals surface area contributed by atoms with Gasteiger partial charge in [-0.15, -0.1) is 0 Å². The lowest BCUT2D eigenvalue weighted by atomic mass is 10.2. The molecule has 0 saturated carbocycles. The van der Waals surface area contributed by atoms with Crippen LogP contribution in [-0.4, -0.2) is 9.97 Å². The molecule has 0 amide bonds. The summed E-state index contributed by atoms with van der Waals surface area (Å²) in [5.41, 5.74) is 2.19. The summed E-state index contributed by atoms with van der Waals surface area (Å²) in [4.78, 5) is 8.33. The van der Waals surface area contributed by atoms with Crippen molar-refractivity contribution in [2.75, 3.05) is 0 Å². The van der Waals surface area contributed by atoms with Gasteiger partial charge < -0.3 is 4.74 Å². The van der Waals surface area contributed by atoms with E-state index in [0.29, 0.717) is 5.88 Å². The lowest BCUT2D eigenvalue weighted by molar-refractivity contribution is 0.457. The quantitative estimate of drug-likeness (QED) is 0.845. The highest BCUT2D eigenvalue weighted by molar-refractivity contribution is 9.10. The van der Waals surface area contributed by atoms with Crippen LogP contribution in [0.2, 0.25) is 0 Å². The summed E-state index contributed by atoms with van der Waals surface area (Å²) in [7, 11) is 0. The molecule has 0 unspecified atom stereocenters. The second-order valence-electron chi connectivity index (χ2n) is 4.13. The fraction of sp³-hybridized carbons (Fsp3) is 0.286. The van der Waals surface area contributed by atoms with Gasteiger partial charge in [0.2, 0.25) is 5.88 Å². The molecule has 3 nitrogen and oxygen atoms in total. The van der Waals surface area contributed by atoms with E-state index >= 15 is 0 Å². The first-order chi connectivity index (χ1) is 8.69. The third kappa shape index (κ3) is 3.29. The van der Waals surface area contributed by atoms with Crippen LogP contribution in [0.3, 0.4) is 0 Å². The molecule has 0 aliphatic heterocycles. The Morgan fingerprint density at radius 3 is 2.78 bits per heavy atom. The number of aryl methyl sites for hydroxylation is 2. The van der Waals surface area contributed by atoms with E-state index < -0.39 is 0 Å². The number of halogens is 1. The Balaban J connectivity index is 2.20. The molecule has 0 saturated heterocycles. The Bertz CT molecular complexity index is 543. The van der Waals surface area contributed by atoms with Crippen molar-refractivity contribution in [1.82, 2.24) is 9.97 Å². The summed E-state index contributed by atoms with van der Waals surface area (Å²) < 4.78 is 6.68. The molecule has 0 N–H and O–H groups in total. The number of rotatable bonds is 4. The second kappa shape index (κ2) is 5.96. The number of benzene rings is 1. The monoisotopic (exact) mass is 306 g/mol. The van der Waals surface area contributed by atoms with Gasteiger partial charge in [0.1, 0.15) is 12.1 Å². The van der Waals surface area contributed by atoms with Gasteiger partial charge in [-0.1, -0.05) is 19.4 Å². The van der Waals surface area contributed by atoms with Crippen LogP contribution >= 0.6 is 15.9 Å². The van der Waals surface area contributed by atoms with E-state index in [-0.39, 0.29) is 0 Å². The largest absolute Gasteiger partial charge is 0.438 e. The first-order valence-corrected chi connectivity index (χ1v) is 6.73. The highest BCUT2D eigenvalue weighted by atomic mass is 79.9. The van der Waals surface area contributed by atoms with Crippen LogP contribution in [0.25, 0.3) is 0 Å². The molecule has 1 aromatic carbocycles. The molecule has 4 heteroatoms. The zero-order chi connectivity index (χ0) is 13.0. The van der Waals surface area contributed by atoms with Gasteiger partial charge in [-0.05, 0) is 47.0 Å². The molecule has 2 rings (SSSR count). The minimum atomic E-state index is 0.581. The van der Waals surface area contributed by atoms with Gasteiger partial charge >= 0.3 is 0 Å². The van der Waals surface area contributed by atoms with Crippen LogP contribution in [0.15, 0.2) is 35.1 Å². The minimum absolute atomic E-state index is 0.581. The average Bonchev–Trinajstić information content (AvgIpc) is 2.34. The standard InChI is InChI=1S/C14H15BrN2O/c1-3-4-11-8-14(17-9-16-11)18-13-6-5-10(2)7-12(13)15/h5-9H,3-4H2,1-2H3. The van der Waals surface area contributed by atoms with Gasteiger partial charge in [0, 0.05) is 11.8 Å². The third-order valence-electron chi connectivity index (χ3n) is 2.51. The lowest BCUT2D eigenvalue weighted by Gasteiger charge is -2.08. The third-order valence-corrected chi connectivity index (χ3v) is 3.13. The van der Waals surface area contributed by atoms with Crippen molar-refractivity contribution in [2.45, 2.75) is 26.7 Å². The van der Waals surface area contributed by atoms with Gasteiger partial charge in [-0.2, -0.15) is 0 Å².